The summed E-state index contributed by atoms with van der Waals surface area (Å²) >= 11 is 0. The Kier molecular flexibility index (Phi) is 4.03. The number of aromatic nitrogens is 1. The van der Waals surface area contributed by atoms with Gasteiger partial charge in [0.05, 0.1) is 6.20 Å². The molecule has 1 aromatic rings. The van der Waals surface area contributed by atoms with E-state index in [1.165, 1.54) is 0 Å². The van der Waals surface area contributed by atoms with Crippen LogP contribution in [0.4, 0.5) is 0 Å². The van der Waals surface area contributed by atoms with Gasteiger partial charge in [0, 0.05) is 44.2 Å². The molecule has 4 heterocycles. The van der Waals surface area contributed by atoms with Crippen LogP contribution in [0.1, 0.15) is 38.5 Å². The van der Waals surface area contributed by atoms with E-state index in [0.717, 1.165) is 44.3 Å². The summed E-state index contributed by atoms with van der Waals surface area (Å²) in [5, 5.41) is 0. The van der Waals surface area contributed by atoms with Crippen LogP contribution in [0.5, 0.6) is 5.75 Å². The first-order chi connectivity index (χ1) is 11.1. The summed E-state index contributed by atoms with van der Waals surface area (Å²) in [6.07, 6.45) is 8.94. The molecule has 0 spiro atoms. The number of ether oxygens (including phenoxy) is 1. The Bertz CT molecular complexity index is 632. The Hall–Kier alpha value is -1.18. The SMILES string of the molecule is O=S(=O)(N1CCCC1)N1C2CCC1CC(Oc1cccnc1)C2. The second-order valence-corrected chi connectivity index (χ2v) is 8.56. The van der Waals surface area contributed by atoms with Crippen LogP contribution in [0.2, 0.25) is 0 Å². The van der Waals surface area contributed by atoms with Gasteiger partial charge in [0.2, 0.25) is 0 Å². The minimum absolute atomic E-state index is 0.0843. The van der Waals surface area contributed by atoms with Crippen LogP contribution in [0.3, 0.4) is 0 Å². The summed E-state index contributed by atoms with van der Waals surface area (Å²) < 4.78 is 35.3. The van der Waals surface area contributed by atoms with Gasteiger partial charge in [-0.25, -0.2) is 0 Å². The van der Waals surface area contributed by atoms with Crippen molar-refractivity contribution in [2.45, 2.75) is 56.7 Å². The fourth-order valence-corrected chi connectivity index (χ4v) is 6.34. The van der Waals surface area contributed by atoms with Crippen LogP contribution in [0.15, 0.2) is 24.5 Å². The van der Waals surface area contributed by atoms with Crippen molar-refractivity contribution < 1.29 is 13.2 Å². The zero-order valence-corrected chi connectivity index (χ0v) is 14.0. The Morgan fingerprint density at radius 2 is 1.83 bits per heavy atom. The highest BCUT2D eigenvalue weighted by molar-refractivity contribution is 7.86. The number of fused-ring (bicyclic) bond motifs is 2. The van der Waals surface area contributed by atoms with Crippen molar-refractivity contribution >= 4 is 10.2 Å². The second kappa shape index (κ2) is 6.03. The van der Waals surface area contributed by atoms with E-state index < -0.39 is 10.2 Å². The highest BCUT2D eigenvalue weighted by Crippen LogP contribution is 2.40. The molecule has 6 nitrogen and oxygen atoms in total. The van der Waals surface area contributed by atoms with Crippen molar-refractivity contribution in [2.24, 2.45) is 0 Å². The van der Waals surface area contributed by atoms with Crippen LogP contribution in [-0.4, -0.2) is 53.3 Å². The normalized spacial score (nSPS) is 32.3. The lowest BCUT2D eigenvalue weighted by Gasteiger charge is -2.39. The maximum atomic E-state index is 12.9. The number of pyridine rings is 1. The largest absolute Gasteiger partial charge is 0.489 e. The second-order valence-electron chi connectivity index (χ2n) is 6.73. The van der Waals surface area contributed by atoms with Gasteiger partial charge in [-0.15, -0.1) is 0 Å². The number of rotatable bonds is 4. The standard InChI is InChI=1S/C16H23N3O3S/c20-23(21,18-8-1-2-9-18)19-13-5-6-14(19)11-16(10-13)22-15-4-3-7-17-12-15/h3-4,7,12-14,16H,1-2,5-6,8-11H2. The van der Waals surface area contributed by atoms with E-state index in [2.05, 4.69) is 4.98 Å². The first-order valence-corrected chi connectivity index (χ1v) is 9.89. The molecule has 2 atom stereocenters. The molecular formula is C16H23N3O3S. The average Bonchev–Trinajstić information content (AvgIpc) is 3.16. The van der Waals surface area contributed by atoms with Gasteiger partial charge in [0.1, 0.15) is 11.9 Å². The lowest BCUT2D eigenvalue weighted by atomic mass is 10.0. The monoisotopic (exact) mass is 337 g/mol. The Morgan fingerprint density at radius 1 is 1.13 bits per heavy atom. The summed E-state index contributed by atoms with van der Waals surface area (Å²) in [5.74, 6) is 0.771. The van der Waals surface area contributed by atoms with Crippen LogP contribution in [-0.2, 0) is 10.2 Å². The zero-order valence-electron chi connectivity index (χ0n) is 13.2. The Balaban J connectivity index is 1.48. The van der Waals surface area contributed by atoms with E-state index >= 15 is 0 Å². The molecule has 0 amide bonds. The van der Waals surface area contributed by atoms with Gasteiger partial charge in [-0.3, -0.25) is 4.98 Å². The van der Waals surface area contributed by atoms with Crippen molar-refractivity contribution in [3.05, 3.63) is 24.5 Å². The predicted octanol–water partition coefficient (Wildman–Crippen LogP) is 1.80. The van der Waals surface area contributed by atoms with E-state index in [-0.39, 0.29) is 18.2 Å². The third-order valence-electron chi connectivity index (χ3n) is 5.22. The fourth-order valence-electron chi connectivity index (χ4n) is 4.22. The summed E-state index contributed by atoms with van der Waals surface area (Å²) in [6.45, 7) is 1.35. The third kappa shape index (κ3) is 2.86. The lowest BCUT2D eigenvalue weighted by molar-refractivity contribution is 0.0921. The predicted molar refractivity (Wildman–Crippen MR) is 86.3 cm³/mol. The molecule has 0 aromatic carbocycles. The number of hydrogen-bond acceptors (Lipinski definition) is 4. The molecule has 0 radical (unpaired) electrons. The molecule has 4 rings (SSSR count). The van der Waals surface area contributed by atoms with Crippen LogP contribution in [0, 0.1) is 0 Å². The van der Waals surface area contributed by atoms with Gasteiger partial charge >= 0.3 is 0 Å². The van der Waals surface area contributed by atoms with Gasteiger partial charge in [-0.2, -0.15) is 17.0 Å². The molecular weight excluding hydrogens is 314 g/mol. The van der Waals surface area contributed by atoms with Crippen LogP contribution >= 0.6 is 0 Å². The third-order valence-corrected chi connectivity index (χ3v) is 7.36. The summed E-state index contributed by atoms with van der Waals surface area (Å²) in [6, 6.07) is 3.93. The maximum Gasteiger partial charge on any atom is 0.282 e. The molecule has 7 heteroatoms. The molecule has 3 aliphatic rings. The first-order valence-electron chi connectivity index (χ1n) is 8.50. The highest BCUT2D eigenvalue weighted by atomic mass is 32.2. The Labute approximate surface area is 137 Å². The van der Waals surface area contributed by atoms with Crippen LogP contribution in [0.25, 0.3) is 0 Å². The fraction of sp³-hybridized carbons (Fsp3) is 0.688. The van der Waals surface area contributed by atoms with E-state index in [0.29, 0.717) is 13.1 Å². The lowest BCUT2D eigenvalue weighted by Crippen LogP contribution is -2.53. The van der Waals surface area contributed by atoms with Gasteiger partial charge < -0.3 is 4.74 Å². The van der Waals surface area contributed by atoms with Gasteiger partial charge in [-0.05, 0) is 37.8 Å². The van der Waals surface area contributed by atoms with Crippen LogP contribution < -0.4 is 4.74 Å². The highest BCUT2D eigenvalue weighted by Gasteiger charge is 2.49. The zero-order chi connectivity index (χ0) is 15.9. The molecule has 2 unspecified atom stereocenters. The van der Waals surface area contributed by atoms with E-state index in [1.807, 2.05) is 12.1 Å². The molecule has 3 saturated heterocycles. The smallest absolute Gasteiger partial charge is 0.282 e. The van der Waals surface area contributed by atoms with Gasteiger partial charge in [0.15, 0.2) is 0 Å². The topological polar surface area (TPSA) is 62.7 Å². The molecule has 2 bridgehead atoms. The molecule has 0 N–H and O–H groups in total. The number of nitrogens with zero attached hydrogens (tertiary/aromatic N) is 3. The number of hydrogen-bond donors (Lipinski definition) is 0. The molecule has 0 aliphatic carbocycles. The van der Waals surface area contributed by atoms with Crippen molar-refractivity contribution in [1.29, 1.82) is 0 Å². The Morgan fingerprint density at radius 3 is 2.43 bits per heavy atom. The summed E-state index contributed by atoms with van der Waals surface area (Å²) in [7, 11) is -3.30. The van der Waals surface area contributed by atoms with Gasteiger partial charge in [0.25, 0.3) is 10.2 Å². The molecule has 1 aromatic heterocycles. The van der Waals surface area contributed by atoms with E-state index in [1.54, 1.807) is 21.0 Å². The molecule has 0 saturated carbocycles. The van der Waals surface area contributed by atoms with Crippen molar-refractivity contribution in [1.82, 2.24) is 13.6 Å². The summed E-state index contributed by atoms with van der Waals surface area (Å²) in [5.41, 5.74) is 0. The minimum Gasteiger partial charge on any atom is -0.489 e. The summed E-state index contributed by atoms with van der Waals surface area (Å²) in [4.78, 5) is 4.07. The minimum atomic E-state index is -3.30. The van der Waals surface area contributed by atoms with Gasteiger partial charge in [-0.1, -0.05) is 0 Å². The van der Waals surface area contributed by atoms with Crippen molar-refractivity contribution in [2.75, 3.05) is 13.1 Å². The molecule has 23 heavy (non-hydrogen) atoms. The van der Waals surface area contributed by atoms with Crippen molar-refractivity contribution in [3.8, 4) is 5.75 Å². The van der Waals surface area contributed by atoms with E-state index in [4.69, 9.17) is 4.74 Å². The maximum absolute atomic E-state index is 12.9. The quantitative estimate of drug-likeness (QED) is 0.840. The van der Waals surface area contributed by atoms with E-state index in [9.17, 15) is 8.42 Å². The van der Waals surface area contributed by atoms with Crippen molar-refractivity contribution in [3.63, 3.8) is 0 Å². The molecule has 3 fully saturated rings. The first kappa shape index (κ1) is 15.4. The molecule has 3 aliphatic heterocycles. The number of piperidine rings is 1. The average molecular weight is 337 g/mol. The molecule has 126 valence electrons.